The molecule has 0 aliphatic heterocycles. The summed E-state index contributed by atoms with van der Waals surface area (Å²) >= 11 is 0. The average Bonchev–Trinajstić information content (AvgIpc) is 1.88. The Balaban J connectivity index is 2.47. The van der Waals surface area contributed by atoms with Crippen LogP contribution >= 0.6 is 0 Å². The lowest BCUT2D eigenvalue weighted by Gasteiger charge is -2.21. The second-order valence-electron chi connectivity index (χ2n) is 3.11. The van der Waals surface area contributed by atoms with Crippen LogP contribution in [-0.2, 0) is 0 Å². The molecule has 0 aromatic rings. The molecule has 0 bridgehead atoms. The molecule has 0 spiro atoms. The van der Waals surface area contributed by atoms with E-state index in [0.717, 1.165) is 19.3 Å². The molecule has 58 valence electrons. The van der Waals surface area contributed by atoms with Gasteiger partial charge in [0.25, 0.3) is 0 Å². The summed E-state index contributed by atoms with van der Waals surface area (Å²) in [6.45, 7) is 1.98. The van der Waals surface area contributed by atoms with E-state index in [2.05, 4.69) is 0 Å². The summed E-state index contributed by atoms with van der Waals surface area (Å²) in [5, 5.41) is 10.4. The first-order valence-corrected chi connectivity index (χ1v) is 3.85. The van der Waals surface area contributed by atoms with Crippen molar-refractivity contribution in [3.8, 4) is 0 Å². The number of hydrogen-bond donors (Lipinski definition) is 0. The minimum atomic E-state index is -0.256. The van der Waals surface area contributed by atoms with Crippen LogP contribution in [0.1, 0.15) is 32.6 Å². The van der Waals surface area contributed by atoms with Gasteiger partial charge in [-0.2, -0.15) is 0 Å². The molecule has 0 heterocycles. The summed E-state index contributed by atoms with van der Waals surface area (Å²) in [4.78, 5) is 10.2. The summed E-state index contributed by atoms with van der Waals surface area (Å²) in [6.07, 6.45) is 4.03. The Morgan fingerprint density at radius 1 is 1.40 bits per heavy atom. The smallest absolute Gasteiger partial charge is 0.215 e. The zero-order valence-electron chi connectivity index (χ0n) is 6.25. The Labute approximate surface area is 60.6 Å². The van der Waals surface area contributed by atoms with Crippen LogP contribution in [0.3, 0.4) is 0 Å². The molecule has 0 amide bonds. The van der Waals surface area contributed by atoms with Crippen LogP contribution in [0.5, 0.6) is 0 Å². The van der Waals surface area contributed by atoms with Gasteiger partial charge < -0.3 is 0 Å². The Kier molecular flexibility index (Phi) is 2.25. The normalized spacial score (nSPS) is 33.7. The summed E-state index contributed by atoms with van der Waals surface area (Å²) in [6, 6.07) is -0.256. The van der Waals surface area contributed by atoms with Crippen molar-refractivity contribution >= 4 is 0 Å². The minimum absolute atomic E-state index is 0.121. The summed E-state index contributed by atoms with van der Waals surface area (Å²) < 4.78 is 0. The topological polar surface area (TPSA) is 43.1 Å². The van der Waals surface area contributed by atoms with Crippen molar-refractivity contribution in [2.45, 2.75) is 38.6 Å². The molecule has 10 heavy (non-hydrogen) atoms. The van der Waals surface area contributed by atoms with Gasteiger partial charge >= 0.3 is 0 Å². The van der Waals surface area contributed by atoms with Crippen molar-refractivity contribution in [1.82, 2.24) is 0 Å². The van der Waals surface area contributed by atoms with E-state index in [1.54, 1.807) is 0 Å². The van der Waals surface area contributed by atoms with E-state index in [-0.39, 0.29) is 11.0 Å². The first-order chi connectivity index (χ1) is 4.72. The van der Waals surface area contributed by atoms with Crippen LogP contribution in [0, 0.1) is 16.0 Å². The zero-order chi connectivity index (χ0) is 7.56. The maximum atomic E-state index is 10.4. The third-order valence-corrected chi connectivity index (χ3v) is 2.34. The molecule has 3 nitrogen and oxygen atoms in total. The van der Waals surface area contributed by atoms with Crippen molar-refractivity contribution in [2.24, 2.45) is 5.92 Å². The zero-order valence-corrected chi connectivity index (χ0v) is 6.25. The fourth-order valence-corrected chi connectivity index (χ4v) is 1.61. The van der Waals surface area contributed by atoms with Crippen molar-refractivity contribution in [3.63, 3.8) is 0 Å². The molecule has 0 N–H and O–H groups in total. The average molecular weight is 143 g/mol. The highest BCUT2D eigenvalue weighted by Crippen LogP contribution is 2.25. The third kappa shape index (κ3) is 1.46. The van der Waals surface area contributed by atoms with E-state index in [9.17, 15) is 10.1 Å². The molecule has 1 fully saturated rings. The van der Waals surface area contributed by atoms with Crippen LogP contribution in [0.4, 0.5) is 0 Å². The third-order valence-electron chi connectivity index (χ3n) is 2.34. The first kappa shape index (κ1) is 7.51. The fraction of sp³-hybridized carbons (Fsp3) is 1.00. The fourth-order valence-electron chi connectivity index (χ4n) is 1.61. The highest BCUT2D eigenvalue weighted by molar-refractivity contribution is 4.70. The van der Waals surface area contributed by atoms with E-state index in [0.29, 0.717) is 5.92 Å². The van der Waals surface area contributed by atoms with E-state index >= 15 is 0 Å². The highest BCUT2D eigenvalue weighted by Gasteiger charge is 2.29. The van der Waals surface area contributed by atoms with Crippen molar-refractivity contribution in [3.05, 3.63) is 10.1 Å². The highest BCUT2D eigenvalue weighted by atomic mass is 16.6. The van der Waals surface area contributed by atoms with E-state index in [4.69, 9.17) is 0 Å². The van der Waals surface area contributed by atoms with Gasteiger partial charge in [0.2, 0.25) is 6.04 Å². The molecule has 1 rings (SSSR count). The molecule has 0 saturated heterocycles. The molecule has 1 aliphatic carbocycles. The van der Waals surface area contributed by atoms with Crippen LogP contribution in [0.15, 0.2) is 0 Å². The number of hydrogen-bond acceptors (Lipinski definition) is 2. The van der Waals surface area contributed by atoms with Crippen molar-refractivity contribution < 1.29 is 4.92 Å². The minimum Gasteiger partial charge on any atom is -0.264 e. The standard InChI is InChI=1S/C7H13NO2/c1-6-4-2-3-5-7(6)8(9)10/h6-7H,2-5H2,1H3/t6?,7-/m0/s1. The predicted molar refractivity (Wildman–Crippen MR) is 38.4 cm³/mol. The second kappa shape index (κ2) is 2.99. The van der Waals surface area contributed by atoms with E-state index in [1.165, 1.54) is 6.42 Å². The quantitative estimate of drug-likeness (QED) is 0.415. The van der Waals surface area contributed by atoms with Gasteiger partial charge in [-0.05, 0) is 12.8 Å². The maximum Gasteiger partial charge on any atom is 0.215 e. The van der Waals surface area contributed by atoms with Gasteiger partial charge in [0.05, 0.1) is 0 Å². The lowest BCUT2D eigenvalue weighted by Crippen LogP contribution is -2.30. The SMILES string of the molecule is CC1CCCC[C@@H]1[N+](=O)[O-]. The lowest BCUT2D eigenvalue weighted by atomic mass is 9.86. The van der Waals surface area contributed by atoms with E-state index < -0.39 is 0 Å². The molecule has 1 unspecified atom stereocenters. The Bertz CT molecular complexity index is 136. The summed E-state index contributed by atoms with van der Waals surface area (Å²) in [7, 11) is 0. The molecule has 0 aromatic heterocycles. The van der Waals surface area contributed by atoms with Gasteiger partial charge in [-0.1, -0.05) is 13.3 Å². The van der Waals surface area contributed by atoms with Gasteiger partial charge in [-0.25, -0.2) is 0 Å². The number of nitro groups is 1. The molecule has 2 atom stereocenters. The molecular weight excluding hydrogens is 130 g/mol. The Morgan fingerprint density at radius 3 is 2.40 bits per heavy atom. The van der Waals surface area contributed by atoms with Crippen LogP contribution in [-0.4, -0.2) is 11.0 Å². The van der Waals surface area contributed by atoms with Crippen LogP contribution in [0.25, 0.3) is 0 Å². The largest absolute Gasteiger partial charge is 0.264 e. The summed E-state index contributed by atoms with van der Waals surface area (Å²) in [5.74, 6) is 0.295. The number of nitrogens with zero attached hydrogens (tertiary/aromatic N) is 1. The molecule has 1 aliphatic rings. The molecule has 0 radical (unpaired) electrons. The van der Waals surface area contributed by atoms with Gasteiger partial charge in [0.1, 0.15) is 0 Å². The van der Waals surface area contributed by atoms with Gasteiger partial charge in [-0.15, -0.1) is 0 Å². The summed E-state index contributed by atoms with van der Waals surface area (Å²) in [5.41, 5.74) is 0. The predicted octanol–water partition coefficient (Wildman–Crippen LogP) is 1.84. The van der Waals surface area contributed by atoms with E-state index in [1.807, 2.05) is 6.92 Å². The first-order valence-electron chi connectivity index (χ1n) is 3.85. The maximum absolute atomic E-state index is 10.4. The van der Waals surface area contributed by atoms with Crippen LogP contribution in [0.2, 0.25) is 0 Å². The van der Waals surface area contributed by atoms with Gasteiger partial charge in [0.15, 0.2) is 0 Å². The lowest BCUT2D eigenvalue weighted by molar-refractivity contribution is -0.534. The second-order valence-corrected chi connectivity index (χ2v) is 3.11. The van der Waals surface area contributed by atoms with Gasteiger partial charge in [-0.3, -0.25) is 10.1 Å². The van der Waals surface area contributed by atoms with Gasteiger partial charge in [0, 0.05) is 17.3 Å². The number of rotatable bonds is 1. The Morgan fingerprint density at radius 2 is 2.00 bits per heavy atom. The van der Waals surface area contributed by atoms with Crippen molar-refractivity contribution in [2.75, 3.05) is 0 Å². The molecular formula is C7H13NO2. The molecule has 1 saturated carbocycles. The monoisotopic (exact) mass is 143 g/mol. The Hall–Kier alpha value is -0.600. The molecule has 3 heteroatoms. The van der Waals surface area contributed by atoms with Crippen LogP contribution < -0.4 is 0 Å². The molecule has 0 aromatic carbocycles. The van der Waals surface area contributed by atoms with Crippen molar-refractivity contribution in [1.29, 1.82) is 0 Å².